The minimum Gasteiger partial charge on any atom is -0.495 e. The van der Waals surface area contributed by atoms with Crippen LogP contribution in [0.15, 0.2) is 18.2 Å². The van der Waals surface area contributed by atoms with Crippen LogP contribution in [0.2, 0.25) is 0 Å². The van der Waals surface area contributed by atoms with Gasteiger partial charge >= 0.3 is 12.1 Å². The van der Waals surface area contributed by atoms with Crippen molar-refractivity contribution >= 4 is 11.6 Å². The van der Waals surface area contributed by atoms with Crippen LogP contribution in [0, 0.1) is 0 Å². The van der Waals surface area contributed by atoms with Gasteiger partial charge in [-0.15, -0.1) is 0 Å². The molecule has 0 bridgehead atoms. The molecule has 0 aromatic heterocycles. The van der Waals surface area contributed by atoms with E-state index in [4.69, 9.17) is 10.5 Å². The number of halogens is 3. The van der Waals surface area contributed by atoms with E-state index in [9.17, 15) is 18.0 Å². The number of nitrogens with two attached hydrogens (primary N) is 1. The number of hydrogen-bond donors (Lipinski definition) is 1. The first-order chi connectivity index (χ1) is 9.82. The van der Waals surface area contributed by atoms with E-state index in [0.717, 1.165) is 10.5 Å². The van der Waals surface area contributed by atoms with Crippen LogP contribution in [0.4, 0.5) is 18.9 Å². The van der Waals surface area contributed by atoms with Gasteiger partial charge in [0.05, 0.1) is 12.8 Å². The van der Waals surface area contributed by atoms with Gasteiger partial charge in [0.25, 0.3) is 0 Å². The molecule has 1 aliphatic rings. The van der Waals surface area contributed by atoms with Gasteiger partial charge in [-0.25, -0.2) is 0 Å². The minimum atomic E-state index is -4.79. The monoisotopic (exact) mass is 302 g/mol. The average Bonchev–Trinajstić information content (AvgIpc) is 2.46. The molecule has 4 nitrogen and oxygen atoms in total. The lowest BCUT2D eigenvalue weighted by Crippen LogP contribution is -2.45. The molecule has 1 aromatic carbocycles. The second-order valence-electron chi connectivity index (χ2n) is 5.07. The first-order valence-electron chi connectivity index (χ1n) is 6.62. The Kier molecular flexibility index (Phi) is 4.29. The zero-order valence-corrected chi connectivity index (χ0v) is 11.6. The van der Waals surface area contributed by atoms with Crippen molar-refractivity contribution < 1.29 is 22.7 Å². The van der Waals surface area contributed by atoms with Crippen LogP contribution in [0.3, 0.4) is 0 Å². The van der Waals surface area contributed by atoms with Gasteiger partial charge in [-0.3, -0.25) is 4.79 Å². The first-order valence-corrected chi connectivity index (χ1v) is 6.62. The van der Waals surface area contributed by atoms with E-state index in [1.165, 1.54) is 7.11 Å². The number of methoxy groups -OCH3 is 1. The molecule has 0 saturated carbocycles. The maximum absolute atomic E-state index is 12.4. The summed E-state index contributed by atoms with van der Waals surface area (Å²) in [5.74, 6) is -1.09. The average molecular weight is 302 g/mol. The number of carbonyl (C=O) groups excluding carboxylic acids is 1. The summed E-state index contributed by atoms with van der Waals surface area (Å²) in [5.41, 5.74) is 7.23. The van der Waals surface area contributed by atoms with Crippen LogP contribution >= 0.6 is 0 Å². The Hall–Kier alpha value is -1.92. The standard InChI is InChI=1S/C14H17F3N2O2/c1-21-12-8-10(2-3-11(12)18)9-4-6-19(7-5-9)13(20)14(15,16)17/h2-3,8-9H,4-7,18H2,1H3. The molecule has 1 aliphatic heterocycles. The molecule has 1 fully saturated rings. The van der Waals surface area contributed by atoms with Crippen molar-refractivity contribution in [2.45, 2.75) is 24.9 Å². The van der Waals surface area contributed by atoms with Gasteiger partial charge < -0.3 is 15.4 Å². The van der Waals surface area contributed by atoms with Gasteiger partial charge in [0, 0.05) is 13.1 Å². The van der Waals surface area contributed by atoms with Gasteiger partial charge in [0.15, 0.2) is 0 Å². The number of carbonyl (C=O) groups is 1. The number of amides is 1. The van der Waals surface area contributed by atoms with Crippen molar-refractivity contribution in [3.8, 4) is 5.75 Å². The van der Waals surface area contributed by atoms with E-state index in [1.807, 2.05) is 6.07 Å². The Labute approximate surface area is 120 Å². The minimum absolute atomic E-state index is 0.107. The summed E-state index contributed by atoms with van der Waals surface area (Å²) in [6.07, 6.45) is -3.80. The number of piperidine rings is 1. The Morgan fingerprint density at radius 2 is 1.95 bits per heavy atom. The fourth-order valence-electron chi connectivity index (χ4n) is 2.58. The summed E-state index contributed by atoms with van der Waals surface area (Å²) < 4.78 is 42.3. The second kappa shape index (κ2) is 5.83. The molecule has 0 unspecified atom stereocenters. The number of likely N-dealkylation sites (tertiary alicyclic amines) is 1. The highest BCUT2D eigenvalue weighted by atomic mass is 19.4. The highest BCUT2D eigenvalue weighted by Gasteiger charge is 2.43. The molecule has 1 amide bonds. The smallest absolute Gasteiger partial charge is 0.471 e. The summed E-state index contributed by atoms with van der Waals surface area (Å²) in [6.45, 7) is 0.214. The molecule has 7 heteroatoms. The molecule has 0 radical (unpaired) electrons. The third-order valence-corrected chi connectivity index (χ3v) is 3.75. The predicted molar refractivity (Wildman–Crippen MR) is 72.0 cm³/mol. The van der Waals surface area contributed by atoms with Crippen LogP contribution in [0.1, 0.15) is 24.3 Å². The Bertz CT molecular complexity index is 523. The van der Waals surface area contributed by atoms with Gasteiger partial charge in [0.2, 0.25) is 0 Å². The van der Waals surface area contributed by atoms with Crippen molar-refractivity contribution in [1.82, 2.24) is 4.90 Å². The van der Waals surface area contributed by atoms with E-state index in [2.05, 4.69) is 0 Å². The van der Waals surface area contributed by atoms with Crippen molar-refractivity contribution in [3.63, 3.8) is 0 Å². The predicted octanol–water partition coefficient (Wildman–Crippen LogP) is 2.55. The van der Waals surface area contributed by atoms with Crippen LogP contribution in [0.5, 0.6) is 5.75 Å². The second-order valence-corrected chi connectivity index (χ2v) is 5.07. The van der Waals surface area contributed by atoms with Gasteiger partial charge in [0.1, 0.15) is 5.75 Å². The third kappa shape index (κ3) is 3.40. The number of rotatable bonds is 2. The summed E-state index contributed by atoms with van der Waals surface area (Å²) in [4.78, 5) is 12.0. The molecule has 2 rings (SSSR count). The van der Waals surface area contributed by atoms with E-state index >= 15 is 0 Å². The molecule has 0 atom stereocenters. The fourth-order valence-corrected chi connectivity index (χ4v) is 2.58. The summed E-state index contributed by atoms with van der Waals surface area (Å²) in [7, 11) is 1.51. The largest absolute Gasteiger partial charge is 0.495 e. The number of nitrogen functional groups attached to an aromatic ring is 1. The zero-order chi connectivity index (χ0) is 15.6. The van der Waals surface area contributed by atoms with Gasteiger partial charge in [-0.2, -0.15) is 13.2 Å². The molecule has 1 heterocycles. The zero-order valence-electron chi connectivity index (χ0n) is 11.6. The number of nitrogens with zero attached hydrogens (tertiary/aromatic N) is 1. The molecule has 2 N–H and O–H groups in total. The van der Waals surface area contributed by atoms with Crippen LogP contribution in [-0.4, -0.2) is 37.2 Å². The van der Waals surface area contributed by atoms with Crippen LogP contribution < -0.4 is 10.5 Å². The maximum Gasteiger partial charge on any atom is 0.471 e. The fraction of sp³-hybridized carbons (Fsp3) is 0.500. The van der Waals surface area contributed by atoms with E-state index < -0.39 is 12.1 Å². The lowest BCUT2D eigenvalue weighted by molar-refractivity contribution is -0.186. The quantitative estimate of drug-likeness (QED) is 0.854. The summed E-state index contributed by atoms with van der Waals surface area (Å²) in [5, 5.41) is 0. The summed E-state index contributed by atoms with van der Waals surface area (Å²) >= 11 is 0. The van der Waals surface area contributed by atoms with Crippen LogP contribution in [0.25, 0.3) is 0 Å². The molecule has 0 aliphatic carbocycles. The van der Waals surface area contributed by atoms with E-state index in [1.54, 1.807) is 12.1 Å². The number of alkyl halides is 3. The normalized spacial score (nSPS) is 16.9. The molecule has 1 saturated heterocycles. The van der Waals surface area contributed by atoms with E-state index in [0.29, 0.717) is 24.3 Å². The van der Waals surface area contributed by atoms with Crippen molar-refractivity contribution in [1.29, 1.82) is 0 Å². The molecule has 0 spiro atoms. The SMILES string of the molecule is COc1cc(C2CCN(C(=O)C(F)(F)F)CC2)ccc1N. The highest BCUT2D eigenvalue weighted by molar-refractivity contribution is 5.81. The maximum atomic E-state index is 12.4. The lowest BCUT2D eigenvalue weighted by Gasteiger charge is -2.32. The topological polar surface area (TPSA) is 55.6 Å². The van der Waals surface area contributed by atoms with Gasteiger partial charge in [-0.05, 0) is 36.5 Å². The highest BCUT2D eigenvalue weighted by Crippen LogP contribution is 2.33. The van der Waals surface area contributed by atoms with Crippen molar-refractivity contribution in [2.24, 2.45) is 0 Å². The number of ether oxygens (including phenoxy) is 1. The van der Waals surface area contributed by atoms with Crippen molar-refractivity contribution in [2.75, 3.05) is 25.9 Å². The van der Waals surface area contributed by atoms with Crippen LogP contribution in [-0.2, 0) is 4.79 Å². The Morgan fingerprint density at radius 3 is 2.48 bits per heavy atom. The number of hydrogen-bond acceptors (Lipinski definition) is 3. The Morgan fingerprint density at radius 1 is 1.33 bits per heavy atom. The molecule has 1 aromatic rings. The molecular weight excluding hydrogens is 285 g/mol. The molecular formula is C14H17F3N2O2. The first kappa shape index (κ1) is 15.5. The van der Waals surface area contributed by atoms with E-state index in [-0.39, 0.29) is 19.0 Å². The van der Waals surface area contributed by atoms with Crippen molar-refractivity contribution in [3.05, 3.63) is 23.8 Å². The molecule has 21 heavy (non-hydrogen) atoms. The summed E-state index contributed by atoms with van der Waals surface area (Å²) in [6, 6.07) is 5.38. The third-order valence-electron chi connectivity index (χ3n) is 3.75. The number of anilines is 1. The van der Waals surface area contributed by atoms with Gasteiger partial charge in [-0.1, -0.05) is 6.07 Å². The Balaban J connectivity index is 2.03. The lowest BCUT2D eigenvalue weighted by atomic mass is 9.89. The molecule has 116 valence electrons. The number of benzene rings is 1.